The Morgan fingerprint density at radius 3 is 2.57 bits per heavy atom. The van der Waals surface area contributed by atoms with Gasteiger partial charge in [-0.25, -0.2) is 4.98 Å². The molecule has 1 aromatic rings. The molecule has 1 aromatic heterocycles. The van der Waals surface area contributed by atoms with Crippen molar-refractivity contribution in [3.8, 4) is 0 Å². The van der Waals surface area contributed by atoms with E-state index >= 15 is 0 Å². The number of hydrogen-bond donors (Lipinski definition) is 1. The van der Waals surface area contributed by atoms with Crippen LogP contribution in [0, 0.1) is 5.41 Å². The van der Waals surface area contributed by atoms with Crippen LogP contribution in [0.3, 0.4) is 0 Å². The van der Waals surface area contributed by atoms with Gasteiger partial charge in [-0.3, -0.25) is 9.59 Å². The van der Waals surface area contributed by atoms with Gasteiger partial charge in [0, 0.05) is 25.4 Å². The van der Waals surface area contributed by atoms with Gasteiger partial charge in [0.05, 0.1) is 0 Å². The van der Waals surface area contributed by atoms with E-state index in [-0.39, 0.29) is 11.8 Å². The summed E-state index contributed by atoms with van der Waals surface area (Å²) in [6, 6.07) is 0. The second kappa shape index (κ2) is 6.99. The fourth-order valence-corrected chi connectivity index (χ4v) is 4.74. The lowest BCUT2D eigenvalue weighted by atomic mass is 9.74. The largest absolute Gasteiger partial charge is 0.337 e. The zero-order valence-corrected chi connectivity index (χ0v) is 14.6. The summed E-state index contributed by atoms with van der Waals surface area (Å²) < 4.78 is 0. The van der Waals surface area contributed by atoms with Crippen molar-refractivity contribution in [1.82, 2.24) is 9.88 Å². The van der Waals surface area contributed by atoms with Crippen LogP contribution in [0.4, 0.5) is 5.13 Å². The molecule has 1 N–H and O–H groups in total. The highest BCUT2D eigenvalue weighted by Gasteiger charge is 2.37. The fraction of sp³-hybridized carbons (Fsp3) is 0.706. The first-order chi connectivity index (χ1) is 11.1. The van der Waals surface area contributed by atoms with Crippen LogP contribution in [0.5, 0.6) is 0 Å². The number of rotatable bonds is 2. The van der Waals surface area contributed by atoms with E-state index in [9.17, 15) is 9.59 Å². The summed E-state index contributed by atoms with van der Waals surface area (Å²) >= 11 is 1.31. The van der Waals surface area contributed by atoms with E-state index in [0.29, 0.717) is 16.2 Å². The van der Waals surface area contributed by atoms with Crippen LogP contribution in [-0.2, 0) is 4.79 Å². The molecule has 0 atom stereocenters. The highest BCUT2D eigenvalue weighted by molar-refractivity contribution is 7.14. The van der Waals surface area contributed by atoms with E-state index < -0.39 is 0 Å². The molecule has 2 amide bonds. The maximum atomic E-state index is 12.8. The number of thiazole rings is 1. The van der Waals surface area contributed by atoms with E-state index in [4.69, 9.17) is 0 Å². The Bertz CT molecular complexity index is 576. The minimum Gasteiger partial charge on any atom is -0.337 e. The summed E-state index contributed by atoms with van der Waals surface area (Å²) in [7, 11) is 0. The van der Waals surface area contributed by atoms with Crippen molar-refractivity contribution < 1.29 is 9.59 Å². The molecule has 6 heteroatoms. The number of anilines is 1. The van der Waals surface area contributed by atoms with Crippen molar-refractivity contribution in [1.29, 1.82) is 0 Å². The van der Waals surface area contributed by atoms with Gasteiger partial charge in [-0.2, -0.15) is 0 Å². The number of aromatic nitrogens is 1. The summed E-state index contributed by atoms with van der Waals surface area (Å²) in [4.78, 5) is 30.1. The molecular weight excluding hydrogens is 310 g/mol. The van der Waals surface area contributed by atoms with Crippen molar-refractivity contribution in [2.75, 3.05) is 18.4 Å². The summed E-state index contributed by atoms with van der Waals surface area (Å²) in [5, 5.41) is 4.90. The van der Waals surface area contributed by atoms with Gasteiger partial charge in [0.25, 0.3) is 5.91 Å². The minimum atomic E-state index is -0.159. The predicted octanol–water partition coefficient (Wildman–Crippen LogP) is 3.68. The molecule has 1 saturated carbocycles. The zero-order chi connectivity index (χ0) is 16.3. The SMILES string of the molecule is CC(=O)Nc1nc(C(=O)N2CCCC3(CCCCCC3)C2)cs1. The molecule has 1 spiro atoms. The molecule has 3 rings (SSSR count). The molecular formula is C17H25N3O2S. The second-order valence-corrected chi connectivity index (χ2v) is 7.82. The van der Waals surface area contributed by atoms with E-state index in [1.807, 2.05) is 4.90 Å². The molecule has 2 aliphatic rings. The monoisotopic (exact) mass is 335 g/mol. The zero-order valence-electron chi connectivity index (χ0n) is 13.8. The molecule has 5 nitrogen and oxygen atoms in total. The Kier molecular flexibility index (Phi) is 4.99. The molecule has 0 aromatic carbocycles. The third-order valence-electron chi connectivity index (χ3n) is 5.12. The lowest BCUT2D eigenvalue weighted by molar-refractivity contribution is -0.114. The van der Waals surface area contributed by atoms with Crippen LogP contribution in [0.15, 0.2) is 5.38 Å². The lowest BCUT2D eigenvalue weighted by Crippen LogP contribution is -2.46. The van der Waals surface area contributed by atoms with E-state index in [1.165, 1.54) is 63.2 Å². The number of nitrogens with zero attached hydrogens (tertiary/aromatic N) is 2. The standard InChI is InChI=1S/C17H25N3O2S/c1-13(21)18-16-19-14(11-23-16)15(22)20-10-6-9-17(12-20)7-4-2-3-5-8-17/h11H,2-10,12H2,1H3,(H,18,19,21). The maximum Gasteiger partial charge on any atom is 0.273 e. The third kappa shape index (κ3) is 3.91. The minimum absolute atomic E-state index is 0.0150. The number of carbonyl (C=O) groups is 2. The van der Waals surface area contributed by atoms with Crippen molar-refractivity contribution >= 4 is 28.3 Å². The Balaban J connectivity index is 1.69. The number of likely N-dealkylation sites (tertiary alicyclic amines) is 1. The molecule has 1 saturated heterocycles. The molecule has 0 bridgehead atoms. The van der Waals surface area contributed by atoms with Crippen LogP contribution in [0.1, 0.15) is 68.8 Å². The Morgan fingerprint density at radius 1 is 1.17 bits per heavy atom. The van der Waals surface area contributed by atoms with Crippen molar-refractivity contribution in [2.45, 2.75) is 58.3 Å². The van der Waals surface area contributed by atoms with Crippen LogP contribution >= 0.6 is 11.3 Å². The molecule has 0 radical (unpaired) electrons. The number of carbonyl (C=O) groups excluding carboxylic acids is 2. The third-order valence-corrected chi connectivity index (χ3v) is 5.88. The van der Waals surface area contributed by atoms with Crippen molar-refractivity contribution in [3.63, 3.8) is 0 Å². The van der Waals surface area contributed by atoms with Crippen LogP contribution < -0.4 is 5.32 Å². The molecule has 2 fully saturated rings. The summed E-state index contributed by atoms with van der Waals surface area (Å²) in [6.45, 7) is 3.15. The van der Waals surface area contributed by atoms with Gasteiger partial charge < -0.3 is 10.2 Å². The summed E-state index contributed by atoms with van der Waals surface area (Å²) in [5.41, 5.74) is 0.797. The first-order valence-electron chi connectivity index (χ1n) is 8.60. The molecule has 2 heterocycles. The molecule has 23 heavy (non-hydrogen) atoms. The van der Waals surface area contributed by atoms with Crippen LogP contribution in [0.2, 0.25) is 0 Å². The summed E-state index contributed by atoms with van der Waals surface area (Å²) in [5.74, 6) is -0.144. The Labute approximate surface area is 141 Å². The smallest absolute Gasteiger partial charge is 0.273 e. The topological polar surface area (TPSA) is 62.3 Å². The van der Waals surface area contributed by atoms with Crippen LogP contribution in [0.25, 0.3) is 0 Å². The normalized spacial score (nSPS) is 21.0. The lowest BCUT2D eigenvalue weighted by Gasteiger charge is -2.42. The first kappa shape index (κ1) is 16.4. The van der Waals surface area contributed by atoms with E-state index in [2.05, 4.69) is 10.3 Å². The van der Waals surface area contributed by atoms with Gasteiger partial charge in [0.1, 0.15) is 5.69 Å². The Hall–Kier alpha value is -1.43. The molecule has 0 unspecified atom stereocenters. The Morgan fingerprint density at radius 2 is 1.87 bits per heavy atom. The molecule has 126 valence electrons. The van der Waals surface area contributed by atoms with E-state index in [1.54, 1.807) is 5.38 Å². The number of piperidine rings is 1. The predicted molar refractivity (Wildman–Crippen MR) is 91.7 cm³/mol. The van der Waals surface area contributed by atoms with Gasteiger partial charge in [0.2, 0.25) is 5.91 Å². The average molecular weight is 335 g/mol. The molecule has 1 aliphatic carbocycles. The highest BCUT2D eigenvalue weighted by Crippen LogP contribution is 2.42. The van der Waals surface area contributed by atoms with Gasteiger partial charge in [-0.05, 0) is 31.1 Å². The van der Waals surface area contributed by atoms with Crippen molar-refractivity contribution in [3.05, 3.63) is 11.1 Å². The van der Waals surface area contributed by atoms with Crippen molar-refractivity contribution in [2.24, 2.45) is 5.41 Å². The van der Waals surface area contributed by atoms with Gasteiger partial charge in [-0.15, -0.1) is 11.3 Å². The number of hydrogen-bond acceptors (Lipinski definition) is 4. The van der Waals surface area contributed by atoms with Gasteiger partial charge >= 0.3 is 0 Å². The van der Waals surface area contributed by atoms with E-state index in [0.717, 1.165) is 19.5 Å². The second-order valence-electron chi connectivity index (χ2n) is 6.96. The van der Waals surface area contributed by atoms with Crippen LogP contribution in [-0.4, -0.2) is 34.8 Å². The average Bonchev–Trinajstić information content (AvgIpc) is 2.87. The van der Waals surface area contributed by atoms with Gasteiger partial charge in [0.15, 0.2) is 5.13 Å². The number of nitrogens with one attached hydrogen (secondary N) is 1. The maximum absolute atomic E-state index is 12.8. The molecule has 1 aliphatic heterocycles. The fourth-order valence-electron chi connectivity index (χ4n) is 4.01. The van der Waals surface area contributed by atoms with Gasteiger partial charge in [-0.1, -0.05) is 25.7 Å². The summed E-state index contributed by atoms with van der Waals surface area (Å²) in [6.07, 6.45) is 10.1. The highest BCUT2D eigenvalue weighted by atomic mass is 32.1. The quantitative estimate of drug-likeness (QED) is 0.897. The first-order valence-corrected chi connectivity index (χ1v) is 9.48. The number of amides is 2.